The van der Waals surface area contributed by atoms with Gasteiger partial charge < -0.3 is 0 Å². The molecule has 0 aromatic heterocycles. The molecular weight excluding hydrogens is 152 g/mol. The van der Waals surface area contributed by atoms with E-state index < -0.39 is 17.0 Å². The molecule has 4 heavy (non-hydrogen) atoms. The van der Waals surface area contributed by atoms with Gasteiger partial charge in [0.15, 0.2) is 0 Å². The normalized spacial score (nSPS) is 5.00. The Morgan fingerprint density at radius 1 is 1.25 bits per heavy atom. The Morgan fingerprint density at radius 2 is 1.25 bits per heavy atom. The van der Waals surface area contributed by atoms with Crippen molar-refractivity contribution < 1.29 is 41.2 Å². The molecule has 0 spiro atoms. The minimum absolute atomic E-state index is 0. The Balaban J connectivity index is 0. The molecule has 0 N–H and O–H groups in total. The van der Waals surface area contributed by atoms with E-state index in [1.165, 1.54) is 0 Å². The molecule has 1 radical (unpaired) electrons. The summed E-state index contributed by atoms with van der Waals surface area (Å²) in [6, 6.07) is 0. The zero-order valence-electron chi connectivity index (χ0n) is 1.90. The van der Waals surface area contributed by atoms with Gasteiger partial charge in [0.1, 0.15) is 0 Å². The van der Waals surface area contributed by atoms with E-state index in [2.05, 4.69) is 0 Å². The van der Waals surface area contributed by atoms with E-state index >= 15 is 0 Å². The van der Waals surface area contributed by atoms with E-state index in [9.17, 15) is 0 Å². The molecule has 0 bridgehead atoms. The summed E-state index contributed by atoms with van der Waals surface area (Å²) in [5.41, 5.74) is 0. The van der Waals surface area contributed by atoms with E-state index in [1.54, 1.807) is 0 Å². The summed E-state index contributed by atoms with van der Waals surface area (Å²) >= 11 is -2.38. The van der Waals surface area contributed by atoms with E-state index in [-0.39, 0.29) is 17.1 Å². The molecule has 0 heterocycles. The van der Waals surface area contributed by atoms with E-state index in [4.69, 9.17) is 7.15 Å². The van der Waals surface area contributed by atoms with Gasteiger partial charge in [0.2, 0.25) is 0 Å². The maximum absolute atomic E-state index is 8.56. The second-order valence-electron chi connectivity index (χ2n) is 0.118. The number of hydrogen-bond acceptors (Lipinski definition) is 2. The molecule has 0 aromatic rings. The van der Waals surface area contributed by atoms with Crippen LogP contribution in [0.25, 0.3) is 0 Å². The van der Waals surface area contributed by atoms with Gasteiger partial charge in [-0.3, -0.25) is 0 Å². The van der Waals surface area contributed by atoms with Gasteiger partial charge in [-0.2, -0.15) is 0 Å². The molecule has 0 aliphatic heterocycles. The second-order valence-corrected chi connectivity index (χ2v) is 0.612. The van der Waals surface area contributed by atoms with Gasteiger partial charge in [0.25, 0.3) is 0 Å². The zero-order valence-corrected chi connectivity index (χ0v) is 6.05. The summed E-state index contributed by atoms with van der Waals surface area (Å²) in [5.74, 6) is 0. The van der Waals surface area contributed by atoms with Crippen molar-refractivity contribution >= 4 is 0 Å². The Kier molecular flexibility index (Phi) is 20.5. The average molecular weight is 152 g/mol. The third-order valence-corrected chi connectivity index (χ3v) is 0. The van der Waals surface area contributed by atoms with Crippen molar-refractivity contribution in [2.45, 2.75) is 0 Å². The standard InChI is InChI=1S/Mn.2O.Zn. The fourth-order valence-electron chi connectivity index (χ4n) is 0. The predicted molar refractivity (Wildman–Crippen MR) is 1.37 cm³/mol. The van der Waals surface area contributed by atoms with Crippen LogP contribution in [0.5, 0.6) is 0 Å². The molecule has 0 aliphatic carbocycles. The minimum atomic E-state index is -2.38. The van der Waals surface area contributed by atoms with Crippen molar-refractivity contribution in [1.29, 1.82) is 0 Å². The predicted octanol–water partition coefficient (Wildman–Crippen LogP) is -0.243. The van der Waals surface area contributed by atoms with E-state index in [0.29, 0.717) is 0 Å². The SMILES string of the molecule is [Mn].[O]=[Zn]=[O]. The molecule has 0 fully saturated rings. The van der Waals surface area contributed by atoms with Crippen LogP contribution in [0.3, 0.4) is 0 Å². The molecule has 0 aliphatic rings. The molecule has 0 atom stereocenters. The summed E-state index contributed by atoms with van der Waals surface area (Å²) in [7, 11) is 0. The molecule has 0 rings (SSSR count). The quantitative estimate of drug-likeness (QED) is 0.449. The zero-order chi connectivity index (χ0) is 2.71. The van der Waals surface area contributed by atoms with Crippen LogP contribution >= 0.6 is 0 Å². The Hall–Kier alpha value is 0.743. The first-order valence-corrected chi connectivity index (χ1v) is 3.00. The Morgan fingerprint density at radius 3 is 1.25 bits per heavy atom. The van der Waals surface area contributed by atoms with Crippen molar-refractivity contribution in [3.8, 4) is 0 Å². The van der Waals surface area contributed by atoms with Crippen LogP contribution in [0, 0.1) is 0 Å². The van der Waals surface area contributed by atoms with Crippen LogP contribution in [0.4, 0.5) is 0 Å². The maximum atomic E-state index is 8.56. The van der Waals surface area contributed by atoms with Crippen LogP contribution in [-0.4, -0.2) is 0 Å². The Labute approximate surface area is 41.6 Å². The first-order chi connectivity index (χ1) is 1.41. The van der Waals surface area contributed by atoms with Gasteiger partial charge in [-0.25, -0.2) is 0 Å². The van der Waals surface area contributed by atoms with Crippen molar-refractivity contribution in [1.82, 2.24) is 0 Å². The van der Waals surface area contributed by atoms with Gasteiger partial charge in [0, 0.05) is 17.1 Å². The van der Waals surface area contributed by atoms with Gasteiger partial charge in [0.05, 0.1) is 0 Å². The van der Waals surface area contributed by atoms with Crippen LogP contribution < -0.4 is 0 Å². The molecule has 0 saturated carbocycles. The monoisotopic (exact) mass is 151 g/mol. The van der Waals surface area contributed by atoms with Crippen LogP contribution in [0.15, 0.2) is 0 Å². The summed E-state index contributed by atoms with van der Waals surface area (Å²) in [4.78, 5) is 0. The summed E-state index contributed by atoms with van der Waals surface area (Å²) in [5, 5.41) is 0. The third kappa shape index (κ3) is 15.1. The average Bonchev–Trinajstić information content (AvgIpc) is 0.918. The second kappa shape index (κ2) is 9.27. The van der Waals surface area contributed by atoms with Gasteiger partial charge in [-0.15, -0.1) is 0 Å². The Bertz CT molecular complexity index is 27.0. The summed E-state index contributed by atoms with van der Waals surface area (Å²) in [6.07, 6.45) is 0. The molecular formula is MnO2Zn. The van der Waals surface area contributed by atoms with Crippen molar-refractivity contribution in [2.75, 3.05) is 0 Å². The molecule has 0 unspecified atom stereocenters. The van der Waals surface area contributed by atoms with Gasteiger partial charge in [-0.1, -0.05) is 0 Å². The topological polar surface area (TPSA) is 34.1 Å². The molecule has 4 heteroatoms. The van der Waals surface area contributed by atoms with E-state index in [1.807, 2.05) is 0 Å². The van der Waals surface area contributed by atoms with Crippen LogP contribution in [0.1, 0.15) is 0 Å². The molecule has 0 amide bonds. The third-order valence-electron chi connectivity index (χ3n) is 0. The van der Waals surface area contributed by atoms with Crippen LogP contribution in [0.2, 0.25) is 0 Å². The molecule has 0 aromatic carbocycles. The first-order valence-electron chi connectivity index (χ1n) is 0.577. The number of hydrogen-bond donors (Lipinski definition) is 0. The summed E-state index contributed by atoms with van der Waals surface area (Å²) in [6.45, 7) is 0. The molecule has 21 valence electrons. The fourth-order valence-corrected chi connectivity index (χ4v) is 0. The fraction of sp³-hybridized carbons (Fsp3) is 0. The number of rotatable bonds is 0. The van der Waals surface area contributed by atoms with Crippen molar-refractivity contribution in [3.05, 3.63) is 0 Å². The van der Waals surface area contributed by atoms with Crippen molar-refractivity contribution in [3.63, 3.8) is 0 Å². The van der Waals surface area contributed by atoms with Crippen LogP contribution in [-0.2, 0) is 41.2 Å². The van der Waals surface area contributed by atoms with Crippen molar-refractivity contribution in [2.24, 2.45) is 0 Å². The first kappa shape index (κ1) is 8.83. The van der Waals surface area contributed by atoms with E-state index in [0.717, 1.165) is 0 Å². The van der Waals surface area contributed by atoms with Gasteiger partial charge >= 0.3 is 24.2 Å². The molecule has 0 saturated heterocycles. The van der Waals surface area contributed by atoms with Gasteiger partial charge in [-0.05, 0) is 0 Å². The summed E-state index contributed by atoms with van der Waals surface area (Å²) < 4.78 is 17.1. The molecule has 2 nitrogen and oxygen atoms in total.